The van der Waals surface area contributed by atoms with Crippen molar-refractivity contribution >= 4 is 32.0 Å². The molecule has 2 aromatic heterocycles. The fourth-order valence-corrected chi connectivity index (χ4v) is 3.55. The number of nitrogens with zero attached hydrogens (tertiary/aromatic N) is 3. The second kappa shape index (κ2) is 5.49. The van der Waals surface area contributed by atoms with Gasteiger partial charge in [0.05, 0.1) is 11.5 Å². The van der Waals surface area contributed by atoms with E-state index >= 15 is 0 Å². The smallest absolute Gasteiger partial charge is 0.306 e. The quantitative estimate of drug-likeness (QED) is 0.315. The lowest BCUT2D eigenvalue weighted by Gasteiger charge is -2.01. The van der Waals surface area contributed by atoms with Crippen molar-refractivity contribution in [1.82, 2.24) is 19.9 Å². The Morgan fingerprint density at radius 1 is 1.55 bits per heavy atom. The third-order valence-electron chi connectivity index (χ3n) is 2.18. The monoisotopic (exact) mass is 319 g/mol. The van der Waals surface area contributed by atoms with Crippen LogP contribution in [-0.2, 0) is 16.6 Å². The van der Waals surface area contributed by atoms with E-state index in [1.54, 1.807) is 0 Å². The summed E-state index contributed by atoms with van der Waals surface area (Å²) < 4.78 is 26.0. The standard InChI is InChI=1S/C7H9N7O4S2/c8-12-7-4(14(15)16)1-6(19-7)20(17,18)11-2-5-9-3-10-13-5/h1,3,11-12H,2,8H2,(H,9,10,13). The summed E-state index contributed by atoms with van der Waals surface area (Å²) in [6, 6.07) is 0.933. The average molecular weight is 319 g/mol. The number of H-pyrrole nitrogens is 1. The van der Waals surface area contributed by atoms with E-state index in [1.165, 1.54) is 6.33 Å². The van der Waals surface area contributed by atoms with Crippen LogP contribution in [0, 0.1) is 10.1 Å². The Morgan fingerprint density at radius 3 is 2.80 bits per heavy atom. The minimum atomic E-state index is -3.90. The molecule has 0 spiro atoms. The summed E-state index contributed by atoms with van der Waals surface area (Å²) >= 11 is 0.657. The zero-order chi connectivity index (χ0) is 14.8. The fourth-order valence-electron chi connectivity index (χ4n) is 1.28. The number of anilines is 1. The first-order valence-electron chi connectivity index (χ1n) is 5.03. The van der Waals surface area contributed by atoms with Crippen molar-refractivity contribution in [1.29, 1.82) is 0 Å². The van der Waals surface area contributed by atoms with Crippen molar-refractivity contribution in [3.8, 4) is 0 Å². The van der Waals surface area contributed by atoms with Crippen LogP contribution in [0.1, 0.15) is 5.82 Å². The second-order valence-corrected chi connectivity index (χ2v) is 6.48. The minimum absolute atomic E-state index is 0.0463. The maximum absolute atomic E-state index is 12.0. The molecule has 0 saturated heterocycles. The molecule has 5 N–H and O–H groups in total. The van der Waals surface area contributed by atoms with Gasteiger partial charge in [0.15, 0.2) is 5.00 Å². The summed E-state index contributed by atoms with van der Waals surface area (Å²) in [6.45, 7) is -0.112. The molecule has 0 unspecified atom stereocenters. The Labute approximate surface area is 116 Å². The number of hydrogen-bond donors (Lipinski definition) is 4. The highest BCUT2D eigenvalue weighted by Crippen LogP contribution is 2.36. The van der Waals surface area contributed by atoms with Gasteiger partial charge in [-0.15, -0.1) is 0 Å². The van der Waals surface area contributed by atoms with Crippen molar-refractivity contribution in [3.63, 3.8) is 0 Å². The third-order valence-corrected chi connectivity index (χ3v) is 5.11. The minimum Gasteiger partial charge on any atom is -0.310 e. The summed E-state index contributed by atoms with van der Waals surface area (Å²) in [5, 5.41) is 16.7. The van der Waals surface area contributed by atoms with Gasteiger partial charge in [0.2, 0.25) is 0 Å². The van der Waals surface area contributed by atoms with Crippen LogP contribution >= 0.6 is 11.3 Å². The van der Waals surface area contributed by atoms with Gasteiger partial charge in [-0.2, -0.15) is 5.10 Å². The molecule has 2 aromatic rings. The Balaban J connectivity index is 2.23. The molecule has 20 heavy (non-hydrogen) atoms. The number of nitrogen functional groups attached to an aromatic ring is 1. The van der Waals surface area contributed by atoms with Crippen molar-refractivity contribution in [2.75, 3.05) is 5.43 Å². The van der Waals surface area contributed by atoms with Crippen LogP contribution in [0.15, 0.2) is 16.6 Å². The normalized spacial score (nSPS) is 11.4. The lowest BCUT2D eigenvalue weighted by molar-refractivity contribution is -0.383. The number of thiophene rings is 1. The molecular weight excluding hydrogens is 310 g/mol. The molecule has 2 heterocycles. The topological polar surface area (TPSA) is 169 Å². The predicted octanol–water partition coefficient (Wildman–Crippen LogP) is -0.461. The van der Waals surface area contributed by atoms with E-state index in [1.807, 2.05) is 0 Å². The molecule has 0 aliphatic heterocycles. The summed E-state index contributed by atoms with van der Waals surface area (Å²) in [4.78, 5) is 13.8. The number of nitrogens with two attached hydrogens (primary N) is 1. The molecule has 0 aromatic carbocycles. The number of sulfonamides is 1. The summed E-state index contributed by atoms with van der Waals surface area (Å²) in [7, 11) is -3.90. The molecule has 13 heteroatoms. The zero-order valence-corrected chi connectivity index (χ0v) is 11.4. The summed E-state index contributed by atoms with van der Waals surface area (Å²) in [5.74, 6) is 5.43. The molecule has 2 rings (SSSR count). The molecule has 0 saturated carbocycles. The van der Waals surface area contributed by atoms with Gasteiger partial charge in [-0.1, -0.05) is 11.3 Å². The number of hydrazine groups is 1. The Hall–Kier alpha value is -2.09. The van der Waals surface area contributed by atoms with Crippen LogP contribution in [0.2, 0.25) is 0 Å². The first-order chi connectivity index (χ1) is 9.44. The highest BCUT2D eigenvalue weighted by Gasteiger charge is 2.25. The first kappa shape index (κ1) is 14.3. The van der Waals surface area contributed by atoms with Crippen LogP contribution in [0.25, 0.3) is 0 Å². The van der Waals surface area contributed by atoms with Gasteiger partial charge in [-0.05, 0) is 0 Å². The van der Waals surface area contributed by atoms with Gasteiger partial charge in [0.25, 0.3) is 10.0 Å². The van der Waals surface area contributed by atoms with Crippen LogP contribution in [0.4, 0.5) is 10.7 Å². The van der Waals surface area contributed by atoms with Crippen molar-refractivity contribution in [2.24, 2.45) is 5.84 Å². The summed E-state index contributed by atoms with van der Waals surface area (Å²) in [5.41, 5.74) is 1.69. The van der Waals surface area contributed by atoms with E-state index in [-0.39, 0.29) is 15.8 Å². The number of aromatic nitrogens is 3. The molecule has 0 amide bonds. The molecule has 0 fully saturated rings. The van der Waals surface area contributed by atoms with Gasteiger partial charge in [0.1, 0.15) is 16.4 Å². The summed E-state index contributed by atoms with van der Waals surface area (Å²) in [6.07, 6.45) is 1.23. The van der Waals surface area contributed by atoms with Gasteiger partial charge in [-0.25, -0.2) is 24.0 Å². The fraction of sp³-hybridized carbons (Fsp3) is 0.143. The number of nitro groups is 1. The third kappa shape index (κ3) is 2.90. The Morgan fingerprint density at radius 2 is 2.30 bits per heavy atom. The van der Waals surface area contributed by atoms with Crippen LogP contribution < -0.4 is 16.0 Å². The molecule has 108 valence electrons. The van der Waals surface area contributed by atoms with E-state index in [9.17, 15) is 18.5 Å². The predicted molar refractivity (Wildman–Crippen MR) is 69.2 cm³/mol. The lowest BCUT2D eigenvalue weighted by atomic mass is 10.5. The first-order valence-corrected chi connectivity index (χ1v) is 7.32. The van der Waals surface area contributed by atoms with E-state index in [0.29, 0.717) is 17.2 Å². The molecule has 0 radical (unpaired) electrons. The lowest BCUT2D eigenvalue weighted by Crippen LogP contribution is -2.23. The van der Waals surface area contributed by atoms with Crippen LogP contribution in [-0.4, -0.2) is 28.5 Å². The van der Waals surface area contributed by atoms with E-state index < -0.39 is 20.6 Å². The van der Waals surface area contributed by atoms with Crippen molar-refractivity contribution in [3.05, 3.63) is 28.3 Å². The molecule has 0 aliphatic carbocycles. The highest BCUT2D eigenvalue weighted by atomic mass is 32.2. The van der Waals surface area contributed by atoms with Crippen molar-refractivity contribution < 1.29 is 13.3 Å². The van der Waals surface area contributed by atoms with E-state index in [2.05, 4.69) is 25.3 Å². The molecule has 0 bridgehead atoms. The second-order valence-electron chi connectivity index (χ2n) is 3.44. The Kier molecular flexibility index (Phi) is 3.93. The van der Waals surface area contributed by atoms with Crippen molar-refractivity contribution in [2.45, 2.75) is 10.8 Å². The maximum atomic E-state index is 12.0. The van der Waals surface area contributed by atoms with E-state index in [0.717, 1.165) is 6.07 Å². The maximum Gasteiger partial charge on any atom is 0.306 e. The van der Waals surface area contributed by atoms with Gasteiger partial charge < -0.3 is 5.43 Å². The van der Waals surface area contributed by atoms with E-state index in [4.69, 9.17) is 5.84 Å². The zero-order valence-electron chi connectivity index (χ0n) is 9.73. The molecule has 11 nitrogen and oxygen atoms in total. The highest BCUT2D eigenvalue weighted by molar-refractivity contribution is 7.91. The molecule has 0 aliphatic rings. The average Bonchev–Trinajstić information content (AvgIpc) is 3.05. The largest absolute Gasteiger partial charge is 0.310 e. The van der Waals surface area contributed by atoms with Gasteiger partial charge in [0, 0.05) is 6.07 Å². The number of aromatic amines is 1. The van der Waals surface area contributed by atoms with Gasteiger partial charge >= 0.3 is 5.69 Å². The number of rotatable bonds is 6. The number of nitrogens with one attached hydrogen (secondary N) is 3. The van der Waals surface area contributed by atoms with Gasteiger partial charge in [-0.3, -0.25) is 15.2 Å². The molecular formula is C7H9N7O4S2. The van der Waals surface area contributed by atoms with Crippen LogP contribution in [0.5, 0.6) is 0 Å². The molecule has 0 atom stereocenters. The van der Waals surface area contributed by atoms with Crippen LogP contribution in [0.3, 0.4) is 0 Å². The number of hydrogen-bond acceptors (Lipinski definition) is 9. The Bertz CT molecular complexity index is 708. The SMILES string of the molecule is NNc1sc(S(=O)(=O)NCc2ncn[nH]2)cc1[N+](=O)[O-].